The van der Waals surface area contributed by atoms with Gasteiger partial charge in [-0.3, -0.25) is 0 Å². The number of alkyl halides is 3. The number of likely N-dealkylation sites (tertiary alicyclic amines) is 2. The first-order valence-electron chi connectivity index (χ1n) is 12.8. The number of piperidine rings is 1. The zero-order valence-electron chi connectivity index (χ0n) is 20.7. The molecule has 1 aromatic carbocycles. The number of benzene rings is 1. The molecule has 0 unspecified atom stereocenters. The van der Waals surface area contributed by atoms with Gasteiger partial charge in [-0.05, 0) is 43.5 Å². The smallest absolute Gasteiger partial charge is 0.383 e. The average molecular weight is 503 g/mol. The van der Waals surface area contributed by atoms with Gasteiger partial charge in [-0.25, -0.2) is 9.47 Å². The van der Waals surface area contributed by atoms with Crippen LogP contribution in [-0.4, -0.2) is 53.4 Å². The van der Waals surface area contributed by atoms with Crippen LogP contribution < -0.4 is 20.9 Å². The van der Waals surface area contributed by atoms with Crippen molar-refractivity contribution in [2.45, 2.75) is 56.9 Å². The fourth-order valence-electron chi connectivity index (χ4n) is 6.14. The summed E-state index contributed by atoms with van der Waals surface area (Å²) in [5.74, 6) is 0.923. The van der Waals surface area contributed by atoms with E-state index in [1.165, 1.54) is 24.9 Å². The Bertz CT molecular complexity index is 1100. The maximum Gasteiger partial charge on any atom is 0.416 e. The largest absolute Gasteiger partial charge is 0.416 e. The van der Waals surface area contributed by atoms with Gasteiger partial charge in [0.25, 0.3) is 5.79 Å². The van der Waals surface area contributed by atoms with E-state index < -0.39 is 17.5 Å². The van der Waals surface area contributed by atoms with Gasteiger partial charge in [0, 0.05) is 31.8 Å². The molecule has 0 aliphatic carbocycles. The van der Waals surface area contributed by atoms with Crippen LogP contribution in [-0.2, 0) is 12.6 Å². The summed E-state index contributed by atoms with van der Waals surface area (Å²) in [5, 5.41) is 7.28. The quantitative estimate of drug-likeness (QED) is 0.498. The van der Waals surface area contributed by atoms with E-state index >= 15 is 0 Å². The number of halogens is 3. The number of nitrogens with zero attached hydrogens (tertiary/aromatic N) is 4. The Morgan fingerprint density at radius 3 is 2.47 bits per heavy atom. The third-order valence-electron chi connectivity index (χ3n) is 8.32. The van der Waals surface area contributed by atoms with Crippen LogP contribution in [0.3, 0.4) is 0 Å². The van der Waals surface area contributed by atoms with Gasteiger partial charge in [-0.1, -0.05) is 25.1 Å². The number of aromatic nitrogens is 2. The number of nitrogen functional groups attached to an aromatic ring is 1. The average Bonchev–Trinajstić information content (AvgIpc) is 3.33. The summed E-state index contributed by atoms with van der Waals surface area (Å²) in [7, 11) is 0. The summed E-state index contributed by atoms with van der Waals surface area (Å²) in [5.41, 5.74) is 7.44. The molecule has 1 aromatic heterocycles. The van der Waals surface area contributed by atoms with Crippen LogP contribution in [0.4, 0.5) is 24.8 Å². The highest BCUT2D eigenvalue weighted by atomic mass is 19.4. The van der Waals surface area contributed by atoms with Crippen LogP contribution in [0.15, 0.2) is 43.0 Å². The molecule has 0 saturated carbocycles. The van der Waals surface area contributed by atoms with E-state index in [9.17, 15) is 13.2 Å². The van der Waals surface area contributed by atoms with E-state index in [1.807, 2.05) is 18.5 Å². The van der Waals surface area contributed by atoms with Gasteiger partial charge in [0.05, 0.1) is 30.6 Å². The van der Waals surface area contributed by atoms with Crippen molar-refractivity contribution in [2.75, 3.05) is 38.5 Å². The number of quaternary nitrogens is 1. The SMILES string of the molecule is CCc1c(N)ncnc1[N+]1(C2(CCN3CCC3)NC=CN2)CCC(c2cccc(C(F)(F)F)c2)CC1. The lowest BCUT2D eigenvalue weighted by molar-refractivity contribution is -0.137. The molecule has 4 heterocycles. The predicted octanol–water partition coefficient (Wildman–Crippen LogP) is 3.94. The van der Waals surface area contributed by atoms with Crippen LogP contribution in [0.25, 0.3) is 0 Å². The van der Waals surface area contributed by atoms with Crippen molar-refractivity contribution < 1.29 is 13.2 Å². The van der Waals surface area contributed by atoms with E-state index in [1.54, 1.807) is 0 Å². The molecule has 0 bridgehead atoms. The monoisotopic (exact) mass is 502 g/mol. The van der Waals surface area contributed by atoms with Gasteiger partial charge < -0.3 is 21.3 Å². The maximum absolute atomic E-state index is 13.4. The fraction of sp³-hybridized carbons (Fsp3) is 0.538. The second-order valence-corrected chi connectivity index (χ2v) is 10.2. The highest BCUT2D eigenvalue weighted by Crippen LogP contribution is 2.44. The lowest BCUT2D eigenvalue weighted by Gasteiger charge is -2.54. The molecule has 7 nitrogen and oxygen atoms in total. The molecule has 2 saturated heterocycles. The summed E-state index contributed by atoms with van der Waals surface area (Å²) >= 11 is 0. The van der Waals surface area contributed by atoms with Crippen LogP contribution in [0, 0.1) is 0 Å². The first-order valence-corrected chi connectivity index (χ1v) is 12.8. The van der Waals surface area contributed by atoms with E-state index in [0.29, 0.717) is 29.8 Å². The topological polar surface area (TPSA) is 79.1 Å². The number of rotatable bonds is 7. The van der Waals surface area contributed by atoms with E-state index in [4.69, 9.17) is 10.7 Å². The van der Waals surface area contributed by atoms with Crippen molar-refractivity contribution in [3.63, 3.8) is 0 Å². The van der Waals surface area contributed by atoms with Crippen LogP contribution in [0.1, 0.15) is 55.2 Å². The summed E-state index contributed by atoms with van der Waals surface area (Å²) in [6.07, 6.45) is 5.35. The number of nitrogens with two attached hydrogens (primary N) is 1. The Hall–Kier alpha value is -2.85. The Balaban J connectivity index is 1.50. The molecule has 2 fully saturated rings. The Morgan fingerprint density at radius 1 is 1.14 bits per heavy atom. The Kier molecular flexibility index (Phi) is 6.59. The first-order chi connectivity index (χ1) is 17.3. The number of anilines is 1. The summed E-state index contributed by atoms with van der Waals surface area (Å²) in [4.78, 5) is 11.5. The normalized spacial score (nSPS) is 25.7. The summed E-state index contributed by atoms with van der Waals surface area (Å²) in [6, 6.07) is 5.81. The third kappa shape index (κ3) is 4.30. The minimum absolute atomic E-state index is 0.0459. The molecule has 4 N–H and O–H groups in total. The van der Waals surface area contributed by atoms with Gasteiger partial charge in [0.2, 0.25) is 5.82 Å². The lowest BCUT2D eigenvalue weighted by Crippen LogP contribution is -2.78. The Labute approximate surface area is 210 Å². The second-order valence-electron chi connectivity index (χ2n) is 10.2. The molecule has 2 aromatic rings. The van der Waals surface area contributed by atoms with E-state index in [2.05, 4.69) is 27.4 Å². The van der Waals surface area contributed by atoms with Gasteiger partial charge in [-0.15, -0.1) is 0 Å². The molecule has 194 valence electrons. The zero-order chi connectivity index (χ0) is 25.4. The molecule has 10 heteroatoms. The molecule has 5 rings (SSSR count). The van der Waals surface area contributed by atoms with Crippen molar-refractivity contribution in [3.8, 4) is 0 Å². The van der Waals surface area contributed by atoms with Crippen molar-refractivity contribution in [3.05, 3.63) is 59.7 Å². The molecule has 0 spiro atoms. The molecule has 0 atom stereocenters. The van der Waals surface area contributed by atoms with Gasteiger partial charge in [0.15, 0.2) is 0 Å². The van der Waals surface area contributed by atoms with Crippen molar-refractivity contribution in [1.29, 1.82) is 0 Å². The molecule has 0 radical (unpaired) electrons. The highest BCUT2D eigenvalue weighted by Gasteiger charge is 2.57. The van der Waals surface area contributed by atoms with Gasteiger partial charge in [-0.2, -0.15) is 18.2 Å². The standard InChI is InChI=1S/C26H35F3N7/c1-2-22-23(30)31-18-32-24(22)36(25(33-10-11-34-25)9-14-35-12-4-13-35)15-7-19(8-16-36)20-5-3-6-21(17-20)26(27,28)29/h3,5-6,10-11,17-19,33-34H,2,4,7-9,12-16H2,1H3,(H2,30,31,32)/q+1. The van der Waals surface area contributed by atoms with E-state index in [-0.39, 0.29) is 5.92 Å². The first kappa shape index (κ1) is 24.8. The molecular weight excluding hydrogens is 467 g/mol. The number of hydrogen-bond acceptors (Lipinski definition) is 6. The Morgan fingerprint density at radius 2 is 1.86 bits per heavy atom. The highest BCUT2D eigenvalue weighted by molar-refractivity contribution is 5.56. The number of nitrogens with one attached hydrogen (secondary N) is 2. The molecular formula is C26H35F3N7+. The van der Waals surface area contributed by atoms with Crippen LogP contribution >= 0.6 is 0 Å². The maximum atomic E-state index is 13.4. The van der Waals surface area contributed by atoms with Crippen molar-refractivity contribution in [2.24, 2.45) is 0 Å². The molecule has 3 aliphatic rings. The lowest BCUT2D eigenvalue weighted by atomic mass is 9.85. The van der Waals surface area contributed by atoms with Gasteiger partial charge in [0.1, 0.15) is 12.1 Å². The van der Waals surface area contributed by atoms with Crippen LogP contribution in [0.2, 0.25) is 0 Å². The third-order valence-corrected chi connectivity index (χ3v) is 8.32. The molecule has 3 aliphatic heterocycles. The molecule has 0 amide bonds. The predicted molar refractivity (Wildman–Crippen MR) is 135 cm³/mol. The van der Waals surface area contributed by atoms with Crippen molar-refractivity contribution in [1.82, 2.24) is 30.0 Å². The summed E-state index contributed by atoms with van der Waals surface area (Å²) < 4.78 is 40.7. The van der Waals surface area contributed by atoms with Crippen LogP contribution in [0.5, 0.6) is 0 Å². The van der Waals surface area contributed by atoms with Gasteiger partial charge >= 0.3 is 6.18 Å². The second kappa shape index (κ2) is 9.55. The summed E-state index contributed by atoms with van der Waals surface area (Å²) in [6.45, 7) is 6.66. The van der Waals surface area contributed by atoms with Crippen molar-refractivity contribution >= 4 is 11.6 Å². The minimum Gasteiger partial charge on any atom is -0.383 e. The van der Waals surface area contributed by atoms with E-state index in [0.717, 1.165) is 61.9 Å². The minimum atomic E-state index is -4.34. The number of hydrogen-bond donors (Lipinski definition) is 3. The zero-order valence-corrected chi connectivity index (χ0v) is 20.7. The fourth-order valence-corrected chi connectivity index (χ4v) is 6.14. The molecule has 36 heavy (non-hydrogen) atoms.